The number of rotatable bonds is 3. The molecule has 0 radical (unpaired) electrons. The highest BCUT2D eigenvalue weighted by Crippen LogP contribution is 2.34. The first-order valence-electron chi connectivity index (χ1n) is 7.60. The van der Waals surface area contributed by atoms with Crippen LogP contribution in [-0.2, 0) is 0 Å². The van der Waals surface area contributed by atoms with Crippen molar-refractivity contribution in [2.75, 3.05) is 14.2 Å². The molecule has 124 valence electrons. The van der Waals surface area contributed by atoms with Gasteiger partial charge in [-0.1, -0.05) is 35.9 Å². The zero-order valence-corrected chi connectivity index (χ0v) is 15.1. The Morgan fingerprint density at radius 1 is 1.29 bits per heavy atom. The Bertz CT molecular complexity index is 793. The molecule has 2 aromatic carbocycles. The fourth-order valence-electron chi connectivity index (χ4n) is 2.76. The summed E-state index contributed by atoms with van der Waals surface area (Å²) in [7, 11) is 3.46. The molecule has 0 saturated heterocycles. The van der Waals surface area contributed by atoms with Gasteiger partial charge in [-0.25, -0.2) is 5.01 Å². The van der Waals surface area contributed by atoms with Crippen LogP contribution in [-0.4, -0.2) is 30.0 Å². The molecule has 3 rings (SSSR count). The minimum atomic E-state index is 0.0184. The summed E-state index contributed by atoms with van der Waals surface area (Å²) in [6.07, 6.45) is 0.745. The van der Waals surface area contributed by atoms with Crippen molar-refractivity contribution in [1.82, 2.24) is 10.3 Å². The summed E-state index contributed by atoms with van der Waals surface area (Å²) in [4.78, 5) is 0. The number of thiocarbonyl (C=S) groups is 1. The fraction of sp³-hybridized carbons (Fsp3) is 0.222. The SMILES string of the molecule is CNC(=S)N1N=C(c2cccc(OC)c2)C[C@H]1c1cccc(Cl)c1. The lowest BCUT2D eigenvalue weighted by atomic mass is 9.98. The Morgan fingerprint density at radius 2 is 2.08 bits per heavy atom. The number of nitrogens with one attached hydrogen (secondary N) is 1. The van der Waals surface area contributed by atoms with Crippen molar-refractivity contribution in [3.05, 3.63) is 64.7 Å². The molecule has 0 saturated carbocycles. The lowest BCUT2D eigenvalue weighted by Crippen LogP contribution is -2.34. The van der Waals surface area contributed by atoms with Gasteiger partial charge in [0, 0.05) is 24.1 Å². The molecule has 0 aliphatic carbocycles. The van der Waals surface area contributed by atoms with Gasteiger partial charge in [0.05, 0.1) is 18.9 Å². The second kappa shape index (κ2) is 7.20. The molecular formula is C18H18ClN3OS. The molecule has 24 heavy (non-hydrogen) atoms. The molecule has 0 unspecified atom stereocenters. The van der Waals surface area contributed by atoms with Crippen LogP contribution in [0, 0.1) is 0 Å². The van der Waals surface area contributed by atoms with Crippen LogP contribution in [0.3, 0.4) is 0 Å². The summed E-state index contributed by atoms with van der Waals surface area (Å²) in [6.45, 7) is 0. The maximum atomic E-state index is 6.16. The number of nitrogens with zero attached hydrogens (tertiary/aromatic N) is 2. The monoisotopic (exact) mass is 359 g/mol. The molecule has 0 amide bonds. The summed E-state index contributed by atoms with van der Waals surface area (Å²) in [5, 5.41) is 10.9. The topological polar surface area (TPSA) is 36.9 Å². The maximum Gasteiger partial charge on any atom is 0.189 e. The fourth-order valence-corrected chi connectivity index (χ4v) is 3.13. The van der Waals surface area contributed by atoms with Crippen LogP contribution in [0.4, 0.5) is 0 Å². The lowest BCUT2D eigenvalue weighted by Gasteiger charge is -2.23. The second-order valence-electron chi connectivity index (χ2n) is 5.45. The van der Waals surface area contributed by atoms with E-state index in [4.69, 9.17) is 33.7 Å². The maximum absolute atomic E-state index is 6.16. The van der Waals surface area contributed by atoms with Crippen LogP contribution in [0.15, 0.2) is 53.6 Å². The molecule has 1 atom stereocenters. The van der Waals surface area contributed by atoms with Crippen LogP contribution in [0.2, 0.25) is 5.02 Å². The molecule has 1 N–H and O–H groups in total. The van der Waals surface area contributed by atoms with Crippen molar-refractivity contribution in [2.24, 2.45) is 5.10 Å². The third kappa shape index (κ3) is 3.37. The van der Waals surface area contributed by atoms with E-state index in [0.717, 1.165) is 29.0 Å². The predicted molar refractivity (Wildman–Crippen MR) is 102 cm³/mol. The van der Waals surface area contributed by atoms with E-state index in [1.54, 1.807) is 14.2 Å². The first kappa shape index (κ1) is 16.7. The van der Waals surface area contributed by atoms with E-state index < -0.39 is 0 Å². The van der Waals surface area contributed by atoms with Crippen LogP contribution < -0.4 is 10.1 Å². The van der Waals surface area contributed by atoms with Crippen molar-refractivity contribution >= 4 is 34.6 Å². The molecule has 1 heterocycles. The second-order valence-corrected chi connectivity index (χ2v) is 6.28. The Balaban J connectivity index is 1.96. The summed E-state index contributed by atoms with van der Waals surface area (Å²) < 4.78 is 5.31. The van der Waals surface area contributed by atoms with Gasteiger partial charge in [0.15, 0.2) is 5.11 Å². The van der Waals surface area contributed by atoms with Crippen LogP contribution >= 0.6 is 23.8 Å². The third-order valence-electron chi connectivity index (χ3n) is 3.97. The molecular weight excluding hydrogens is 342 g/mol. The zero-order valence-electron chi connectivity index (χ0n) is 13.5. The smallest absolute Gasteiger partial charge is 0.189 e. The number of hydrogen-bond donors (Lipinski definition) is 1. The summed E-state index contributed by atoms with van der Waals surface area (Å²) in [6, 6.07) is 15.7. The van der Waals surface area contributed by atoms with Gasteiger partial charge in [-0.3, -0.25) is 0 Å². The van der Waals surface area contributed by atoms with E-state index in [2.05, 4.69) is 5.32 Å². The number of hydrazone groups is 1. The average Bonchev–Trinajstić information content (AvgIpc) is 3.06. The quantitative estimate of drug-likeness (QED) is 0.840. The van der Waals surface area contributed by atoms with E-state index >= 15 is 0 Å². The number of methoxy groups -OCH3 is 1. The Labute approximate surface area is 152 Å². The average molecular weight is 360 g/mol. The standard InChI is InChI=1S/C18H18ClN3OS/c1-20-18(24)22-17(13-6-3-7-14(19)9-13)11-16(21-22)12-5-4-8-15(10-12)23-2/h3-10,17H,11H2,1-2H3,(H,20,24)/t17-/m0/s1. The molecule has 1 aliphatic rings. The van der Waals surface area contributed by atoms with Crippen LogP contribution in [0.1, 0.15) is 23.6 Å². The summed E-state index contributed by atoms with van der Waals surface area (Å²) in [5.41, 5.74) is 3.08. The van der Waals surface area contributed by atoms with Gasteiger partial charge in [-0.2, -0.15) is 5.10 Å². The van der Waals surface area contributed by atoms with Gasteiger partial charge in [0.1, 0.15) is 5.75 Å². The van der Waals surface area contributed by atoms with Crippen LogP contribution in [0.25, 0.3) is 0 Å². The van der Waals surface area contributed by atoms with Crippen molar-refractivity contribution in [3.63, 3.8) is 0 Å². The van der Waals surface area contributed by atoms with Gasteiger partial charge >= 0.3 is 0 Å². The molecule has 0 bridgehead atoms. The first-order valence-corrected chi connectivity index (χ1v) is 8.39. The third-order valence-corrected chi connectivity index (χ3v) is 4.59. The summed E-state index contributed by atoms with van der Waals surface area (Å²) in [5.74, 6) is 0.809. The van der Waals surface area contributed by atoms with Gasteiger partial charge in [0.2, 0.25) is 0 Å². The van der Waals surface area contributed by atoms with Crippen molar-refractivity contribution in [3.8, 4) is 5.75 Å². The van der Waals surface area contributed by atoms with E-state index in [9.17, 15) is 0 Å². The summed E-state index contributed by atoms with van der Waals surface area (Å²) >= 11 is 11.6. The zero-order chi connectivity index (χ0) is 17.1. The number of halogens is 1. The normalized spacial score (nSPS) is 16.7. The molecule has 4 nitrogen and oxygen atoms in total. The van der Waals surface area contributed by atoms with E-state index in [1.807, 2.05) is 53.5 Å². The van der Waals surface area contributed by atoms with Crippen molar-refractivity contribution in [1.29, 1.82) is 0 Å². The van der Waals surface area contributed by atoms with E-state index in [0.29, 0.717) is 10.1 Å². The predicted octanol–water partition coefficient (Wildman–Crippen LogP) is 4.00. The Hall–Kier alpha value is -2.11. The van der Waals surface area contributed by atoms with Gasteiger partial charge < -0.3 is 10.1 Å². The molecule has 0 aromatic heterocycles. The Kier molecular flexibility index (Phi) is 5.02. The number of hydrogen-bond acceptors (Lipinski definition) is 3. The Morgan fingerprint density at radius 3 is 2.79 bits per heavy atom. The molecule has 0 fully saturated rings. The van der Waals surface area contributed by atoms with Crippen LogP contribution in [0.5, 0.6) is 5.75 Å². The highest BCUT2D eigenvalue weighted by atomic mass is 35.5. The minimum Gasteiger partial charge on any atom is -0.497 e. The highest BCUT2D eigenvalue weighted by molar-refractivity contribution is 7.80. The largest absolute Gasteiger partial charge is 0.497 e. The molecule has 2 aromatic rings. The van der Waals surface area contributed by atoms with Crippen molar-refractivity contribution in [2.45, 2.75) is 12.5 Å². The highest BCUT2D eigenvalue weighted by Gasteiger charge is 2.31. The minimum absolute atomic E-state index is 0.0184. The van der Waals surface area contributed by atoms with E-state index in [-0.39, 0.29) is 6.04 Å². The molecule has 0 spiro atoms. The number of benzene rings is 2. The lowest BCUT2D eigenvalue weighted by molar-refractivity contribution is 0.367. The van der Waals surface area contributed by atoms with Crippen molar-refractivity contribution < 1.29 is 4.74 Å². The molecule has 1 aliphatic heterocycles. The van der Waals surface area contributed by atoms with Gasteiger partial charge in [-0.05, 0) is 42.0 Å². The number of ether oxygens (including phenoxy) is 1. The van der Waals surface area contributed by atoms with Gasteiger partial charge in [0.25, 0.3) is 0 Å². The van der Waals surface area contributed by atoms with Gasteiger partial charge in [-0.15, -0.1) is 0 Å². The van der Waals surface area contributed by atoms with E-state index in [1.165, 1.54) is 0 Å². The first-order chi connectivity index (χ1) is 11.6. The molecule has 6 heteroatoms.